The van der Waals surface area contributed by atoms with Crippen LogP contribution in [0.5, 0.6) is 0 Å². The van der Waals surface area contributed by atoms with Gasteiger partial charge >= 0.3 is 0 Å². The van der Waals surface area contributed by atoms with Crippen LogP contribution in [0.4, 0.5) is 0 Å². The third-order valence-corrected chi connectivity index (χ3v) is 6.26. The van der Waals surface area contributed by atoms with Crippen molar-refractivity contribution in [3.05, 3.63) is 60.6 Å². The highest BCUT2D eigenvalue weighted by molar-refractivity contribution is 7.90. The van der Waals surface area contributed by atoms with Gasteiger partial charge < -0.3 is 4.57 Å². The third-order valence-electron chi connectivity index (χ3n) is 4.45. The van der Waals surface area contributed by atoms with Crippen LogP contribution in [0, 0.1) is 0 Å². The van der Waals surface area contributed by atoms with E-state index in [-0.39, 0.29) is 5.92 Å². The SMILES string of the molecule is CC(C)S(=O)(=O)NC[C@H](C)c1ccc(-n2ccc3ccncc32)cc1. The van der Waals surface area contributed by atoms with E-state index in [1.165, 1.54) is 0 Å². The van der Waals surface area contributed by atoms with E-state index < -0.39 is 15.3 Å². The quantitative estimate of drug-likeness (QED) is 0.735. The van der Waals surface area contributed by atoms with Crippen LogP contribution in [0.15, 0.2) is 55.0 Å². The van der Waals surface area contributed by atoms with Gasteiger partial charge in [-0.1, -0.05) is 19.1 Å². The Balaban J connectivity index is 1.76. The zero-order chi connectivity index (χ0) is 18.0. The topological polar surface area (TPSA) is 64.0 Å². The maximum absolute atomic E-state index is 11.9. The van der Waals surface area contributed by atoms with E-state index >= 15 is 0 Å². The van der Waals surface area contributed by atoms with E-state index in [1.54, 1.807) is 20.0 Å². The van der Waals surface area contributed by atoms with E-state index in [0.29, 0.717) is 6.54 Å². The first kappa shape index (κ1) is 17.6. The molecule has 0 saturated heterocycles. The molecule has 0 unspecified atom stereocenters. The van der Waals surface area contributed by atoms with Gasteiger partial charge in [0, 0.05) is 30.0 Å². The van der Waals surface area contributed by atoms with Crippen molar-refractivity contribution in [2.24, 2.45) is 0 Å². The Kier molecular flexibility index (Phi) is 4.92. The molecule has 132 valence electrons. The van der Waals surface area contributed by atoms with E-state index in [1.807, 2.05) is 37.5 Å². The molecule has 0 fully saturated rings. The molecule has 5 nitrogen and oxygen atoms in total. The minimum Gasteiger partial charge on any atom is -0.315 e. The summed E-state index contributed by atoms with van der Waals surface area (Å²) in [4.78, 5) is 4.19. The van der Waals surface area contributed by atoms with E-state index in [2.05, 4.69) is 32.5 Å². The molecule has 0 radical (unpaired) electrons. The van der Waals surface area contributed by atoms with Gasteiger partial charge in [-0.05, 0) is 49.6 Å². The molecule has 2 heterocycles. The minimum absolute atomic E-state index is 0.102. The number of fused-ring (bicyclic) bond motifs is 1. The molecule has 0 spiro atoms. The number of hydrogen-bond donors (Lipinski definition) is 1. The van der Waals surface area contributed by atoms with Crippen LogP contribution in [0.2, 0.25) is 0 Å². The van der Waals surface area contributed by atoms with Crippen molar-refractivity contribution in [1.82, 2.24) is 14.3 Å². The van der Waals surface area contributed by atoms with Gasteiger partial charge in [0.25, 0.3) is 0 Å². The first-order valence-electron chi connectivity index (χ1n) is 8.38. The molecule has 0 aliphatic carbocycles. The number of pyridine rings is 1. The molecule has 1 aromatic carbocycles. The summed E-state index contributed by atoms with van der Waals surface area (Å²) >= 11 is 0. The number of hydrogen-bond acceptors (Lipinski definition) is 3. The molecule has 0 aliphatic heterocycles. The van der Waals surface area contributed by atoms with Crippen LogP contribution in [-0.4, -0.2) is 29.8 Å². The second kappa shape index (κ2) is 6.98. The Morgan fingerprint density at radius 3 is 2.48 bits per heavy atom. The van der Waals surface area contributed by atoms with Crippen molar-refractivity contribution < 1.29 is 8.42 Å². The Hall–Kier alpha value is -2.18. The molecular weight excluding hydrogens is 334 g/mol. The monoisotopic (exact) mass is 357 g/mol. The number of nitrogens with one attached hydrogen (secondary N) is 1. The fraction of sp³-hybridized carbons (Fsp3) is 0.316. The Bertz CT molecular complexity index is 960. The zero-order valence-electron chi connectivity index (χ0n) is 14.7. The van der Waals surface area contributed by atoms with Crippen molar-refractivity contribution in [3.8, 4) is 5.69 Å². The fourth-order valence-electron chi connectivity index (χ4n) is 2.69. The second-order valence-electron chi connectivity index (χ2n) is 6.56. The highest BCUT2D eigenvalue weighted by atomic mass is 32.2. The smallest absolute Gasteiger partial charge is 0.213 e. The summed E-state index contributed by atoms with van der Waals surface area (Å²) in [6, 6.07) is 12.2. The highest BCUT2D eigenvalue weighted by Gasteiger charge is 2.17. The van der Waals surface area contributed by atoms with Crippen molar-refractivity contribution in [1.29, 1.82) is 0 Å². The number of rotatable bonds is 6. The third kappa shape index (κ3) is 3.75. The summed E-state index contributed by atoms with van der Waals surface area (Å²) in [6.07, 6.45) is 5.67. The molecule has 0 amide bonds. The number of benzene rings is 1. The van der Waals surface area contributed by atoms with Gasteiger partial charge in [0.2, 0.25) is 10.0 Å². The molecule has 3 rings (SSSR count). The lowest BCUT2D eigenvalue weighted by Gasteiger charge is -2.15. The molecular formula is C19H23N3O2S. The standard InChI is InChI=1S/C19H23N3O2S/c1-14(2)25(23,24)21-12-15(3)16-4-6-18(7-5-16)22-11-9-17-8-10-20-13-19(17)22/h4-11,13-15,21H,12H2,1-3H3/t15-/m0/s1. The van der Waals surface area contributed by atoms with Gasteiger partial charge in [-0.2, -0.15) is 0 Å². The summed E-state index contributed by atoms with van der Waals surface area (Å²) in [7, 11) is -3.23. The number of aromatic nitrogens is 2. The summed E-state index contributed by atoms with van der Waals surface area (Å²) in [5.74, 6) is 0.102. The summed E-state index contributed by atoms with van der Waals surface area (Å²) in [5, 5.41) is 0.730. The first-order chi connectivity index (χ1) is 11.9. The summed E-state index contributed by atoms with van der Waals surface area (Å²) in [5.41, 5.74) is 3.22. The lowest BCUT2D eigenvalue weighted by molar-refractivity contribution is 0.566. The Labute approximate surface area is 148 Å². The lowest BCUT2D eigenvalue weighted by atomic mass is 10.0. The molecule has 3 aromatic rings. The largest absolute Gasteiger partial charge is 0.315 e. The molecule has 2 aromatic heterocycles. The Morgan fingerprint density at radius 1 is 1.08 bits per heavy atom. The number of nitrogens with zero attached hydrogens (tertiary/aromatic N) is 2. The van der Waals surface area contributed by atoms with Crippen molar-refractivity contribution >= 4 is 20.9 Å². The second-order valence-corrected chi connectivity index (χ2v) is 8.88. The van der Waals surface area contributed by atoms with Crippen LogP contribution < -0.4 is 4.72 Å². The summed E-state index contributed by atoms with van der Waals surface area (Å²) < 4.78 is 28.5. The normalized spacial score (nSPS) is 13.4. The number of sulfonamides is 1. The van der Waals surface area contributed by atoms with Gasteiger partial charge in [-0.15, -0.1) is 0 Å². The minimum atomic E-state index is -3.23. The maximum Gasteiger partial charge on any atom is 0.213 e. The zero-order valence-corrected chi connectivity index (χ0v) is 15.5. The van der Waals surface area contributed by atoms with Gasteiger partial charge in [0.15, 0.2) is 0 Å². The van der Waals surface area contributed by atoms with Crippen LogP contribution in [0.1, 0.15) is 32.3 Å². The van der Waals surface area contributed by atoms with Crippen LogP contribution >= 0.6 is 0 Å². The van der Waals surface area contributed by atoms with E-state index in [9.17, 15) is 8.42 Å². The molecule has 0 aliphatic rings. The van der Waals surface area contributed by atoms with E-state index in [4.69, 9.17) is 0 Å². The van der Waals surface area contributed by atoms with Gasteiger partial charge in [-0.3, -0.25) is 4.98 Å². The Morgan fingerprint density at radius 2 is 1.80 bits per heavy atom. The van der Waals surface area contributed by atoms with E-state index in [0.717, 1.165) is 22.2 Å². The first-order valence-corrected chi connectivity index (χ1v) is 9.93. The molecule has 0 bridgehead atoms. The summed E-state index contributed by atoms with van der Waals surface area (Å²) in [6.45, 7) is 5.78. The predicted molar refractivity (Wildman–Crippen MR) is 102 cm³/mol. The average Bonchev–Trinajstić information content (AvgIpc) is 3.04. The molecule has 25 heavy (non-hydrogen) atoms. The van der Waals surface area contributed by atoms with Gasteiger partial charge in [-0.25, -0.2) is 13.1 Å². The molecule has 0 saturated carbocycles. The maximum atomic E-state index is 11.9. The molecule has 6 heteroatoms. The lowest BCUT2D eigenvalue weighted by Crippen LogP contribution is -2.33. The van der Waals surface area contributed by atoms with Crippen LogP contribution in [0.25, 0.3) is 16.6 Å². The fourth-order valence-corrected chi connectivity index (χ4v) is 3.50. The van der Waals surface area contributed by atoms with Crippen LogP contribution in [-0.2, 0) is 10.0 Å². The van der Waals surface area contributed by atoms with Crippen molar-refractivity contribution in [2.45, 2.75) is 31.9 Å². The van der Waals surface area contributed by atoms with Crippen LogP contribution in [0.3, 0.4) is 0 Å². The van der Waals surface area contributed by atoms with Crippen molar-refractivity contribution in [2.75, 3.05) is 6.54 Å². The predicted octanol–water partition coefficient (Wildman–Crippen LogP) is 3.46. The van der Waals surface area contributed by atoms with Crippen molar-refractivity contribution in [3.63, 3.8) is 0 Å². The highest BCUT2D eigenvalue weighted by Crippen LogP contribution is 2.22. The molecule has 1 N–H and O–H groups in total. The van der Waals surface area contributed by atoms with Gasteiger partial charge in [0.05, 0.1) is 17.0 Å². The van der Waals surface area contributed by atoms with Gasteiger partial charge in [0.1, 0.15) is 0 Å². The average molecular weight is 357 g/mol. The molecule has 1 atom stereocenters.